The van der Waals surface area contributed by atoms with E-state index in [1.54, 1.807) is 31.4 Å². The maximum Gasteiger partial charge on any atom is 0.251 e. The molecule has 2 fully saturated rings. The molecule has 32 heavy (non-hydrogen) atoms. The third-order valence-corrected chi connectivity index (χ3v) is 6.95. The average molecular weight is 443 g/mol. The van der Waals surface area contributed by atoms with E-state index in [0.29, 0.717) is 23.8 Å². The van der Waals surface area contributed by atoms with Gasteiger partial charge in [-0.15, -0.1) is 5.10 Å². The van der Waals surface area contributed by atoms with E-state index in [1.165, 1.54) is 32.1 Å². The first kappa shape index (κ1) is 22.7. The van der Waals surface area contributed by atoms with Crippen molar-refractivity contribution < 1.29 is 19.4 Å². The lowest BCUT2D eigenvalue weighted by Gasteiger charge is -2.26. The second-order valence-electron chi connectivity index (χ2n) is 9.12. The minimum Gasteiger partial charge on any atom is -0.497 e. The smallest absolute Gasteiger partial charge is 0.251 e. The summed E-state index contributed by atoms with van der Waals surface area (Å²) in [5.41, 5.74) is 1.52. The zero-order valence-corrected chi connectivity index (χ0v) is 18.9. The van der Waals surface area contributed by atoms with Crippen molar-refractivity contribution in [2.75, 3.05) is 20.3 Å². The van der Waals surface area contributed by atoms with Gasteiger partial charge in [0.15, 0.2) is 0 Å². The van der Waals surface area contributed by atoms with Gasteiger partial charge in [-0.3, -0.25) is 4.79 Å². The van der Waals surface area contributed by atoms with Gasteiger partial charge >= 0.3 is 0 Å². The summed E-state index contributed by atoms with van der Waals surface area (Å²) in [5, 5.41) is 21.7. The van der Waals surface area contributed by atoms with Gasteiger partial charge in [0.2, 0.25) is 0 Å². The van der Waals surface area contributed by atoms with Crippen molar-refractivity contribution in [3.8, 4) is 5.75 Å². The molecular weight excluding hydrogens is 408 g/mol. The summed E-state index contributed by atoms with van der Waals surface area (Å²) < 4.78 is 13.1. The summed E-state index contributed by atoms with van der Waals surface area (Å²) in [6.45, 7) is 2.34. The van der Waals surface area contributed by atoms with Gasteiger partial charge < -0.3 is 19.9 Å². The van der Waals surface area contributed by atoms with Crippen molar-refractivity contribution in [1.29, 1.82) is 0 Å². The summed E-state index contributed by atoms with van der Waals surface area (Å²) in [7, 11) is 1.56. The lowest BCUT2D eigenvalue weighted by atomic mass is 9.86. The molecule has 1 aromatic heterocycles. The van der Waals surface area contributed by atoms with E-state index in [9.17, 15) is 9.90 Å². The summed E-state index contributed by atoms with van der Waals surface area (Å²) in [4.78, 5) is 12.7. The fourth-order valence-electron chi connectivity index (χ4n) is 5.04. The quantitative estimate of drug-likeness (QED) is 0.652. The Morgan fingerprint density at radius 1 is 1.34 bits per heavy atom. The number of carbonyl (C=O) groups is 1. The van der Waals surface area contributed by atoms with Crippen molar-refractivity contribution in [1.82, 2.24) is 20.3 Å². The molecule has 2 heterocycles. The first-order chi connectivity index (χ1) is 15.6. The first-order valence-corrected chi connectivity index (χ1v) is 11.7. The molecule has 174 valence electrons. The third kappa shape index (κ3) is 5.13. The Hall–Kier alpha value is -2.45. The zero-order valence-electron chi connectivity index (χ0n) is 18.9. The molecule has 4 rings (SSSR count). The van der Waals surface area contributed by atoms with E-state index >= 15 is 0 Å². The van der Waals surface area contributed by atoms with Crippen LogP contribution in [0.5, 0.6) is 5.75 Å². The maximum absolute atomic E-state index is 12.7. The molecule has 0 bridgehead atoms. The van der Waals surface area contributed by atoms with E-state index in [4.69, 9.17) is 9.47 Å². The fraction of sp³-hybridized carbons (Fsp3) is 0.625. The molecule has 2 aliphatic rings. The largest absolute Gasteiger partial charge is 0.497 e. The van der Waals surface area contributed by atoms with Crippen LogP contribution in [-0.4, -0.2) is 58.5 Å². The molecule has 2 aromatic rings. The highest BCUT2D eigenvalue weighted by molar-refractivity contribution is 5.94. The Kier molecular flexibility index (Phi) is 7.42. The van der Waals surface area contributed by atoms with E-state index in [1.807, 2.05) is 10.9 Å². The number of hydrogen-bond donors (Lipinski definition) is 2. The number of hydrogen-bond acceptors (Lipinski definition) is 6. The SMILES string of the molecule is COc1cccc(C(=O)N[C@@H](CO)[C@H]2OC[C@H](n3cc(CC4CCCCC4)nn3)[C@H]2C)c1. The van der Waals surface area contributed by atoms with E-state index in [2.05, 4.69) is 22.6 Å². The van der Waals surface area contributed by atoms with E-state index in [-0.39, 0.29) is 30.6 Å². The normalized spacial score (nSPS) is 24.9. The van der Waals surface area contributed by atoms with Crippen molar-refractivity contribution in [2.45, 2.75) is 63.6 Å². The minimum atomic E-state index is -0.515. The van der Waals surface area contributed by atoms with Gasteiger partial charge in [0, 0.05) is 17.7 Å². The van der Waals surface area contributed by atoms with Crippen molar-refractivity contribution in [3.63, 3.8) is 0 Å². The Labute approximate surface area is 189 Å². The van der Waals surface area contributed by atoms with Gasteiger partial charge in [0.1, 0.15) is 5.75 Å². The molecule has 1 aliphatic heterocycles. The number of aliphatic hydroxyl groups is 1. The highest BCUT2D eigenvalue weighted by Crippen LogP contribution is 2.33. The maximum atomic E-state index is 12.7. The first-order valence-electron chi connectivity index (χ1n) is 11.7. The molecule has 0 radical (unpaired) electrons. The molecule has 1 aliphatic carbocycles. The van der Waals surface area contributed by atoms with Gasteiger partial charge in [-0.05, 0) is 30.5 Å². The molecular formula is C24H34N4O4. The molecule has 0 unspecified atom stereocenters. The lowest BCUT2D eigenvalue weighted by molar-refractivity contribution is 0.0370. The summed E-state index contributed by atoms with van der Waals surface area (Å²) in [6.07, 6.45) is 9.26. The Morgan fingerprint density at radius 3 is 2.91 bits per heavy atom. The van der Waals surface area contributed by atoms with Crippen molar-refractivity contribution in [2.24, 2.45) is 11.8 Å². The number of rotatable bonds is 8. The Balaban J connectivity index is 1.38. The summed E-state index contributed by atoms with van der Waals surface area (Å²) in [6, 6.07) is 6.45. The van der Waals surface area contributed by atoms with Gasteiger partial charge in [-0.25, -0.2) is 4.68 Å². The molecule has 4 atom stereocenters. The Bertz CT molecular complexity index is 896. The Morgan fingerprint density at radius 2 is 2.16 bits per heavy atom. The topological polar surface area (TPSA) is 98.5 Å². The number of benzene rings is 1. The number of aliphatic hydroxyl groups excluding tert-OH is 1. The predicted octanol–water partition coefficient (Wildman–Crippen LogP) is 2.78. The van der Waals surface area contributed by atoms with Gasteiger partial charge in [-0.2, -0.15) is 0 Å². The summed E-state index contributed by atoms with van der Waals surface area (Å²) in [5.74, 6) is 1.11. The van der Waals surface area contributed by atoms with Crippen LogP contribution >= 0.6 is 0 Å². The number of nitrogens with zero attached hydrogens (tertiary/aromatic N) is 3. The predicted molar refractivity (Wildman–Crippen MR) is 120 cm³/mol. The van der Waals surface area contributed by atoms with Crippen LogP contribution in [0.3, 0.4) is 0 Å². The van der Waals surface area contributed by atoms with Crippen LogP contribution in [0.25, 0.3) is 0 Å². The standard InChI is InChI=1S/C24H34N4O4/c1-16-22(28-13-19(26-27-28)11-17-7-4-3-5-8-17)15-32-23(16)21(14-29)25-24(30)18-9-6-10-20(12-18)31-2/h6,9-10,12-13,16-17,21-23,29H,3-5,7-8,11,14-15H2,1-2H3,(H,25,30)/t16-,21+,22+,23+/m1/s1. The molecule has 1 amide bonds. The molecule has 0 spiro atoms. The number of carbonyl (C=O) groups excluding carboxylic acids is 1. The molecule has 2 N–H and O–H groups in total. The number of nitrogens with one attached hydrogen (secondary N) is 1. The number of ether oxygens (including phenoxy) is 2. The second kappa shape index (κ2) is 10.4. The van der Waals surface area contributed by atoms with Crippen LogP contribution in [0.2, 0.25) is 0 Å². The molecule has 1 aromatic carbocycles. The van der Waals surface area contributed by atoms with E-state index < -0.39 is 6.04 Å². The highest BCUT2D eigenvalue weighted by atomic mass is 16.5. The minimum absolute atomic E-state index is 0.0235. The van der Waals surface area contributed by atoms with Crippen molar-refractivity contribution >= 4 is 5.91 Å². The lowest BCUT2D eigenvalue weighted by Crippen LogP contribution is -2.48. The number of methoxy groups -OCH3 is 1. The number of amides is 1. The fourth-order valence-corrected chi connectivity index (χ4v) is 5.04. The highest BCUT2D eigenvalue weighted by Gasteiger charge is 2.41. The third-order valence-electron chi connectivity index (χ3n) is 6.95. The second-order valence-corrected chi connectivity index (χ2v) is 9.12. The number of aromatic nitrogens is 3. The van der Waals surface area contributed by atoms with Crippen LogP contribution in [0.1, 0.15) is 61.1 Å². The molecule has 8 heteroatoms. The molecule has 1 saturated heterocycles. The van der Waals surface area contributed by atoms with Crippen molar-refractivity contribution in [3.05, 3.63) is 41.7 Å². The molecule has 1 saturated carbocycles. The van der Waals surface area contributed by atoms with Crippen LogP contribution in [0.4, 0.5) is 0 Å². The van der Waals surface area contributed by atoms with Crippen LogP contribution in [0, 0.1) is 11.8 Å². The average Bonchev–Trinajstić information content (AvgIpc) is 3.44. The van der Waals surface area contributed by atoms with E-state index in [0.717, 1.165) is 12.1 Å². The van der Waals surface area contributed by atoms with Gasteiger partial charge in [-0.1, -0.05) is 50.3 Å². The molecule has 8 nitrogen and oxygen atoms in total. The zero-order chi connectivity index (χ0) is 22.5. The van der Waals surface area contributed by atoms with Gasteiger partial charge in [0.25, 0.3) is 5.91 Å². The van der Waals surface area contributed by atoms with Crippen LogP contribution in [0.15, 0.2) is 30.5 Å². The summed E-state index contributed by atoms with van der Waals surface area (Å²) >= 11 is 0. The van der Waals surface area contributed by atoms with Crippen LogP contribution in [-0.2, 0) is 11.2 Å². The van der Waals surface area contributed by atoms with Gasteiger partial charge in [0.05, 0.1) is 44.2 Å². The van der Waals surface area contributed by atoms with Crippen LogP contribution < -0.4 is 10.1 Å². The monoisotopic (exact) mass is 442 g/mol.